The predicted octanol–water partition coefficient (Wildman–Crippen LogP) is 3.31. The van der Waals surface area contributed by atoms with E-state index in [-0.39, 0.29) is 0 Å². The van der Waals surface area contributed by atoms with Crippen LogP contribution in [0.1, 0.15) is 23.2 Å². The fraction of sp³-hybridized carbons (Fsp3) is 0.308. The highest BCUT2D eigenvalue weighted by Gasteiger charge is 2.29. The van der Waals surface area contributed by atoms with Crippen LogP contribution in [0, 0.1) is 0 Å². The van der Waals surface area contributed by atoms with Crippen molar-refractivity contribution in [1.82, 2.24) is 0 Å². The molecule has 0 radical (unpaired) electrons. The molecule has 1 aromatic rings. The van der Waals surface area contributed by atoms with Crippen molar-refractivity contribution in [2.24, 2.45) is 0 Å². The molecule has 1 saturated carbocycles. The van der Waals surface area contributed by atoms with Crippen LogP contribution in [0.5, 0.6) is 0 Å². The molecular weight excluding hydrogens is 222 g/mol. The maximum Gasteiger partial charge on any atom is 0.152 e. The quantitative estimate of drug-likeness (QED) is 0.577. The summed E-state index contributed by atoms with van der Waals surface area (Å²) in [6.45, 7) is 4.52. The van der Waals surface area contributed by atoms with E-state index in [1.165, 1.54) is 12.8 Å². The van der Waals surface area contributed by atoms with Gasteiger partial charge in [0.25, 0.3) is 0 Å². The molecule has 0 spiro atoms. The van der Waals surface area contributed by atoms with Gasteiger partial charge in [-0.05, 0) is 31.0 Å². The van der Waals surface area contributed by atoms with Crippen molar-refractivity contribution in [2.45, 2.75) is 18.9 Å². The van der Waals surface area contributed by atoms with Crippen LogP contribution in [0.2, 0.25) is 5.02 Å². The normalized spacial score (nSPS) is 14.6. The van der Waals surface area contributed by atoms with Gasteiger partial charge in [0.2, 0.25) is 0 Å². The summed E-state index contributed by atoms with van der Waals surface area (Å²) in [4.78, 5) is 13.2. The first-order chi connectivity index (χ1) is 7.76. The van der Waals surface area contributed by atoms with Gasteiger partial charge in [-0.2, -0.15) is 0 Å². The molecule has 0 aliphatic heterocycles. The van der Waals surface area contributed by atoms with E-state index in [1.807, 2.05) is 18.2 Å². The fourth-order valence-electron chi connectivity index (χ4n) is 1.85. The molecular formula is C13H14ClNO. The number of anilines is 1. The molecule has 0 amide bonds. The van der Waals surface area contributed by atoms with E-state index in [0.717, 1.165) is 18.5 Å². The molecule has 1 aliphatic carbocycles. The lowest BCUT2D eigenvalue weighted by molar-refractivity contribution is 0.112. The monoisotopic (exact) mass is 235 g/mol. The van der Waals surface area contributed by atoms with Gasteiger partial charge in [0.15, 0.2) is 6.29 Å². The lowest BCUT2D eigenvalue weighted by atomic mass is 10.1. The van der Waals surface area contributed by atoms with Crippen molar-refractivity contribution < 1.29 is 4.79 Å². The SMILES string of the molecule is C=CCN(c1ccc(Cl)cc1C=O)C1CC1. The Hall–Kier alpha value is -1.28. The summed E-state index contributed by atoms with van der Waals surface area (Å²) in [7, 11) is 0. The largest absolute Gasteiger partial charge is 0.364 e. The molecule has 1 aliphatic rings. The molecule has 16 heavy (non-hydrogen) atoms. The van der Waals surface area contributed by atoms with Gasteiger partial charge in [-0.25, -0.2) is 0 Å². The third kappa shape index (κ3) is 2.27. The molecule has 0 unspecified atom stereocenters. The molecule has 84 valence electrons. The van der Waals surface area contributed by atoms with Crippen LogP contribution in [0.3, 0.4) is 0 Å². The number of benzene rings is 1. The maximum atomic E-state index is 11.0. The number of hydrogen-bond acceptors (Lipinski definition) is 2. The number of nitrogens with zero attached hydrogens (tertiary/aromatic N) is 1. The summed E-state index contributed by atoms with van der Waals surface area (Å²) in [6, 6.07) is 6.00. The van der Waals surface area contributed by atoms with Gasteiger partial charge in [-0.1, -0.05) is 17.7 Å². The van der Waals surface area contributed by atoms with Crippen LogP contribution >= 0.6 is 11.6 Å². The summed E-state index contributed by atoms with van der Waals surface area (Å²) in [5, 5.41) is 0.597. The number of halogens is 1. The van der Waals surface area contributed by atoms with Crippen LogP contribution in [0.15, 0.2) is 30.9 Å². The van der Waals surface area contributed by atoms with Crippen molar-refractivity contribution in [2.75, 3.05) is 11.4 Å². The van der Waals surface area contributed by atoms with Gasteiger partial charge in [0.1, 0.15) is 0 Å². The lowest BCUT2D eigenvalue weighted by Gasteiger charge is -2.24. The Balaban J connectivity index is 2.35. The zero-order valence-electron chi connectivity index (χ0n) is 9.03. The second-order valence-corrected chi connectivity index (χ2v) is 4.43. The third-order valence-electron chi connectivity index (χ3n) is 2.74. The van der Waals surface area contributed by atoms with Gasteiger partial charge in [0, 0.05) is 28.9 Å². The molecule has 0 atom stereocenters. The topological polar surface area (TPSA) is 20.3 Å². The highest BCUT2D eigenvalue weighted by atomic mass is 35.5. The van der Waals surface area contributed by atoms with Crippen LogP contribution in [-0.2, 0) is 0 Å². The van der Waals surface area contributed by atoms with Crippen molar-refractivity contribution >= 4 is 23.6 Å². The zero-order chi connectivity index (χ0) is 11.5. The third-order valence-corrected chi connectivity index (χ3v) is 2.97. The Morgan fingerprint density at radius 1 is 1.50 bits per heavy atom. The second kappa shape index (κ2) is 4.71. The standard InChI is InChI=1S/C13H14ClNO/c1-2-7-15(12-4-5-12)13-6-3-11(14)8-10(13)9-16/h2-3,6,8-9,12H,1,4-5,7H2. The van der Waals surface area contributed by atoms with E-state index in [4.69, 9.17) is 11.6 Å². The number of hydrogen-bond donors (Lipinski definition) is 0. The number of carbonyl (C=O) groups excluding carboxylic acids is 1. The fourth-order valence-corrected chi connectivity index (χ4v) is 2.03. The lowest BCUT2D eigenvalue weighted by Crippen LogP contribution is -2.26. The maximum absolute atomic E-state index is 11.0. The molecule has 0 saturated heterocycles. The van der Waals surface area contributed by atoms with Gasteiger partial charge in [-0.15, -0.1) is 6.58 Å². The Labute approximate surface area is 101 Å². The van der Waals surface area contributed by atoms with Crippen LogP contribution < -0.4 is 4.90 Å². The van der Waals surface area contributed by atoms with Crippen LogP contribution in [-0.4, -0.2) is 18.9 Å². The minimum absolute atomic E-state index is 0.554. The summed E-state index contributed by atoms with van der Waals surface area (Å²) >= 11 is 5.87. The molecule has 1 aromatic carbocycles. The average molecular weight is 236 g/mol. The molecule has 2 nitrogen and oxygen atoms in total. The smallest absolute Gasteiger partial charge is 0.152 e. The van der Waals surface area contributed by atoms with Crippen molar-refractivity contribution in [3.05, 3.63) is 41.4 Å². The highest BCUT2D eigenvalue weighted by Crippen LogP contribution is 2.33. The predicted molar refractivity (Wildman–Crippen MR) is 67.4 cm³/mol. The molecule has 0 bridgehead atoms. The zero-order valence-corrected chi connectivity index (χ0v) is 9.78. The summed E-state index contributed by atoms with van der Waals surface area (Å²) in [5.41, 5.74) is 1.61. The minimum atomic E-state index is 0.554. The van der Waals surface area contributed by atoms with Gasteiger partial charge in [-0.3, -0.25) is 4.79 Å². The Morgan fingerprint density at radius 2 is 2.25 bits per heavy atom. The van der Waals surface area contributed by atoms with E-state index in [0.29, 0.717) is 16.6 Å². The number of carbonyl (C=O) groups is 1. The second-order valence-electron chi connectivity index (χ2n) is 3.99. The highest BCUT2D eigenvalue weighted by molar-refractivity contribution is 6.31. The van der Waals surface area contributed by atoms with E-state index in [2.05, 4.69) is 11.5 Å². The Kier molecular flexibility index (Phi) is 3.30. The van der Waals surface area contributed by atoms with E-state index >= 15 is 0 Å². The number of rotatable bonds is 5. The van der Waals surface area contributed by atoms with Gasteiger partial charge in [0.05, 0.1) is 0 Å². The summed E-state index contributed by atoms with van der Waals surface area (Å²) in [5.74, 6) is 0. The average Bonchev–Trinajstić information content (AvgIpc) is 3.10. The first-order valence-corrected chi connectivity index (χ1v) is 5.76. The molecule has 2 rings (SSSR count). The minimum Gasteiger partial charge on any atom is -0.364 e. The summed E-state index contributed by atoms with van der Waals surface area (Å²) in [6.07, 6.45) is 5.10. The Bertz CT molecular complexity index is 412. The van der Waals surface area contributed by atoms with Crippen molar-refractivity contribution in [3.8, 4) is 0 Å². The van der Waals surface area contributed by atoms with Gasteiger partial charge < -0.3 is 4.90 Å². The molecule has 0 aromatic heterocycles. The Morgan fingerprint density at radius 3 is 2.81 bits per heavy atom. The first-order valence-electron chi connectivity index (χ1n) is 5.38. The summed E-state index contributed by atoms with van der Waals surface area (Å²) < 4.78 is 0. The first kappa shape index (κ1) is 11.2. The van der Waals surface area contributed by atoms with E-state index in [9.17, 15) is 4.79 Å². The van der Waals surface area contributed by atoms with Crippen molar-refractivity contribution in [1.29, 1.82) is 0 Å². The molecule has 3 heteroatoms. The molecule has 0 heterocycles. The van der Waals surface area contributed by atoms with Crippen LogP contribution in [0.25, 0.3) is 0 Å². The van der Waals surface area contributed by atoms with E-state index in [1.54, 1.807) is 6.07 Å². The molecule has 0 N–H and O–H groups in total. The van der Waals surface area contributed by atoms with Crippen molar-refractivity contribution in [3.63, 3.8) is 0 Å². The molecule has 1 fully saturated rings. The van der Waals surface area contributed by atoms with E-state index < -0.39 is 0 Å². The van der Waals surface area contributed by atoms with Crippen LogP contribution in [0.4, 0.5) is 5.69 Å². The van der Waals surface area contributed by atoms with Gasteiger partial charge >= 0.3 is 0 Å². The number of aldehydes is 1.